The van der Waals surface area contributed by atoms with Crippen LogP contribution in [0.5, 0.6) is 0 Å². The second kappa shape index (κ2) is 15.8. The van der Waals surface area contributed by atoms with Gasteiger partial charge in [-0.15, -0.1) is 0 Å². The fraction of sp³-hybridized carbons (Fsp3) is 0.364. The van der Waals surface area contributed by atoms with Crippen LogP contribution < -0.4 is 21.7 Å². The van der Waals surface area contributed by atoms with Crippen LogP contribution in [-0.2, 0) is 15.9 Å². The third-order valence-corrected chi connectivity index (χ3v) is 7.36. The molecule has 5 N–H and O–H groups in total. The molecule has 0 fully saturated rings. The van der Waals surface area contributed by atoms with Crippen molar-refractivity contribution in [1.82, 2.24) is 15.0 Å². The lowest BCUT2D eigenvalue weighted by Crippen LogP contribution is -2.18. The molecule has 1 unspecified atom stereocenters. The van der Waals surface area contributed by atoms with Crippen molar-refractivity contribution in [3.63, 3.8) is 0 Å². The van der Waals surface area contributed by atoms with Gasteiger partial charge in [0.05, 0.1) is 32.5 Å². The predicted molar refractivity (Wildman–Crippen MR) is 168 cm³/mol. The Bertz CT molecular complexity index is 1320. The molecule has 0 radical (unpaired) electrons. The highest BCUT2D eigenvalue weighted by Gasteiger charge is 2.23. The standard InChI is InChI=1S/C33H41N7O2/c34-18-21-41-23-24-42-22-20-36-32-38-31(39-33(40-32)37-30-16-15-27-13-7-8-14-29(27)30)35-19-17-28(25-9-3-1-4-10-25)26-11-5-2-6-12-26/h1-14,28,30H,15-24,34H2,(H3,35,36,37,38,39,40). The summed E-state index contributed by atoms with van der Waals surface area (Å²) in [7, 11) is 0. The molecule has 1 aliphatic rings. The summed E-state index contributed by atoms with van der Waals surface area (Å²) in [6, 6.07) is 30.0. The molecular weight excluding hydrogens is 526 g/mol. The van der Waals surface area contributed by atoms with Gasteiger partial charge >= 0.3 is 0 Å². The molecule has 1 atom stereocenters. The number of anilines is 3. The van der Waals surface area contributed by atoms with E-state index in [2.05, 4.69) is 111 Å². The van der Waals surface area contributed by atoms with E-state index in [9.17, 15) is 0 Å². The molecule has 1 heterocycles. The number of nitrogens with two attached hydrogens (primary N) is 1. The van der Waals surface area contributed by atoms with Crippen LogP contribution in [-0.4, -0.2) is 61.0 Å². The number of hydrogen-bond acceptors (Lipinski definition) is 9. The predicted octanol–water partition coefficient (Wildman–Crippen LogP) is 5.01. The van der Waals surface area contributed by atoms with Crippen LogP contribution in [0.15, 0.2) is 84.9 Å². The maximum absolute atomic E-state index is 5.65. The third kappa shape index (κ3) is 8.48. The van der Waals surface area contributed by atoms with E-state index in [1.54, 1.807) is 0 Å². The van der Waals surface area contributed by atoms with E-state index in [0.717, 1.165) is 19.3 Å². The van der Waals surface area contributed by atoms with Crippen molar-refractivity contribution < 1.29 is 9.47 Å². The second-order valence-corrected chi connectivity index (χ2v) is 10.3. The van der Waals surface area contributed by atoms with Gasteiger partial charge in [0, 0.05) is 25.6 Å². The minimum atomic E-state index is 0.168. The van der Waals surface area contributed by atoms with Crippen molar-refractivity contribution in [1.29, 1.82) is 0 Å². The first-order valence-electron chi connectivity index (χ1n) is 14.8. The second-order valence-electron chi connectivity index (χ2n) is 10.3. The van der Waals surface area contributed by atoms with Crippen LogP contribution in [0.2, 0.25) is 0 Å². The molecule has 0 saturated carbocycles. The number of rotatable bonds is 17. The molecule has 0 aliphatic heterocycles. The van der Waals surface area contributed by atoms with Gasteiger partial charge < -0.3 is 31.2 Å². The van der Waals surface area contributed by atoms with E-state index in [-0.39, 0.29) is 12.0 Å². The Morgan fingerprint density at radius 1 is 0.690 bits per heavy atom. The number of nitrogens with one attached hydrogen (secondary N) is 3. The van der Waals surface area contributed by atoms with E-state index in [1.807, 2.05) is 0 Å². The van der Waals surface area contributed by atoms with Gasteiger partial charge in [0.2, 0.25) is 17.8 Å². The highest BCUT2D eigenvalue weighted by atomic mass is 16.5. The van der Waals surface area contributed by atoms with Crippen molar-refractivity contribution in [3.8, 4) is 0 Å². The minimum Gasteiger partial charge on any atom is -0.378 e. The summed E-state index contributed by atoms with van der Waals surface area (Å²) in [6.07, 6.45) is 2.94. The highest BCUT2D eigenvalue weighted by molar-refractivity contribution is 5.46. The van der Waals surface area contributed by atoms with Gasteiger partial charge in [-0.2, -0.15) is 15.0 Å². The quantitative estimate of drug-likeness (QED) is 0.131. The summed E-state index contributed by atoms with van der Waals surface area (Å²) in [4.78, 5) is 14.1. The molecule has 0 amide bonds. The van der Waals surface area contributed by atoms with E-state index in [4.69, 9.17) is 20.2 Å². The SMILES string of the molecule is NCCOCCOCCNc1nc(NCCC(c2ccccc2)c2ccccc2)nc(NC2CCc3ccccc32)n1. The third-order valence-electron chi connectivity index (χ3n) is 7.36. The van der Waals surface area contributed by atoms with Crippen molar-refractivity contribution in [2.45, 2.75) is 31.2 Å². The Balaban J connectivity index is 1.24. The first-order chi connectivity index (χ1) is 20.8. The van der Waals surface area contributed by atoms with Gasteiger partial charge in [0.1, 0.15) is 0 Å². The van der Waals surface area contributed by atoms with Crippen LogP contribution in [0.4, 0.5) is 17.8 Å². The smallest absolute Gasteiger partial charge is 0.229 e. The molecule has 3 aromatic carbocycles. The molecule has 220 valence electrons. The number of ether oxygens (including phenoxy) is 2. The number of benzene rings is 3. The zero-order chi connectivity index (χ0) is 28.8. The average molecular weight is 568 g/mol. The zero-order valence-electron chi connectivity index (χ0n) is 24.0. The normalized spacial score (nSPS) is 14.1. The van der Waals surface area contributed by atoms with Gasteiger partial charge in [-0.1, -0.05) is 84.9 Å². The number of hydrogen-bond donors (Lipinski definition) is 4. The Kier molecular flexibility index (Phi) is 11.1. The maximum Gasteiger partial charge on any atom is 0.229 e. The Morgan fingerprint density at radius 2 is 1.29 bits per heavy atom. The first kappa shape index (κ1) is 29.4. The molecule has 0 saturated heterocycles. The molecule has 1 aliphatic carbocycles. The topological polar surface area (TPSA) is 119 Å². The number of aromatic nitrogens is 3. The first-order valence-corrected chi connectivity index (χ1v) is 14.8. The van der Waals surface area contributed by atoms with Crippen LogP contribution in [0.25, 0.3) is 0 Å². The summed E-state index contributed by atoms with van der Waals surface area (Å²) in [5.74, 6) is 1.86. The van der Waals surface area contributed by atoms with Gasteiger partial charge in [-0.05, 0) is 41.5 Å². The van der Waals surface area contributed by atoms with Gasteiger partial charge in [-0.25, -0.2) is 0 Å². The Morgan fingerprint density at radius 3 is 1.98 bits per heavy atom. The molecule has 4 aromatic rings. The van der Waals surface area contributed by atoms with Crippen molar-refractivity contribution in [2.24, 2.45) is 5.73 Å². The van der Waals surface area contributed by atoms with Crippen LogP contribution >= 0.6 is 0 Å². The van der Waals surface area contributed by atoms with E-state index in [0.29, 0.717) is 63.9 Å². The molecule has 9 nitrogen and oxygen atoms in total. The van der Waals surface area contributed by atoms with Crippen molar-refractivity contribution in [3.05, 3.63) is 107 Å². The van der Waals surface area contributed by atoms with Gasteiger partial charge in [0.15, 0.2) is 0 Å². The molecule has 42 heavy (non-hydrogen) atoms. The van der Waals surface area contributed by atoms with Gasteiger partial charge in [0.25, 0.3) is 0 Å². The fourth-order valence-electron chi connectivity index (χ4n) is 5.33. The van der Waals surface area contributed by atoms with Crippen LogP contribution in [0, 0.1) is 0 Å². The summed E-state index contributed by atoms with van der Waals surface area (Å²) < 4.78 is 11.0. The summed E-state index contributed by atoms with van der Waals surface area (Å²) >= 11 is 0. The minimum absolute atomic E-state index is 0.168. The number of aryl methyl sites for hydroxylation is 1. The monoisotopic (exact) mass is 567 g/mol. The van der Waals surface area contributed by atoms with Crippen LogP contribution in [0.3, 0.4) is 0 Å². The zero-order valence-corrected chi connectivity index (χ0v) is 24.0. The lowest BCUT2D eigenvalue weighted by molar-refractivity contribution is 0.0547. The Hall–Kier alpha value is -4.05. The molecule has 5 rings (SSSR count). The largest absolute Gasteiger partial charge is 0.378 e. The van der Waals surface area contributed by atoms with E-state index in [1.165, 1.54) is 22.3 Å². The molecule has 0 spiro atoms. The summed E-state index contributed by atoms with van der Waals surface area (Å²) in [5, 5.41) is 10.3. The van der Waals surface area contributed by atoms with E-state index >= 15 is 0 Å². The van der Waals surface area contributed by atoms with Crippen LogP contribution in [0.1, 0.15) is 47.1 Å². The molecule has 1 aromatic heterocycles. The number of nitrogens with zero attached hydrogens (tertiary/aromatic N) is 3. The Labute approximate surface area is 248 Å². The number of fused-ring (bicyclic) bond motifs is 1. The summed E-state index contributed by atoms with van der Waals surface area (Å²) in [6.45, 7) is 3.88. The van der Waals surface area contributed by atoms with Crippen molar-refractivity contribution in [2.75, 3.05) is 62.0 Å². The van der Waals surface area contributed by atoms with E-state index < -0.39 is 0 Å². The molecule has 9 heteroatoms. The van der Waals surface area contributed by atoms with Crippen molar-refractivity contribution >= 4 is 17.8 Å². The lowest BCUT2D eigenvalue weighted by atomic mass is 9.88. The van der Waals surface area contributed by atoms with Gasteiger partial charge in [-0.3, -0.25) is 0 Å². The average Bonchev–Trinajstić information content (AvgIpc) is 3.44. The fourth-order valence-corrected chi connectivity index (χ4v) is 5.33. The summed E-state index contributed by atoms with van der Waals surface area (Å²) in [5.41, 5.74) is 10.7. The highest BCUT2D eigenvalue weighted by Crippen LogP contribution is 2.33. The maximum atomic E-state index is 5.65. The lowest BCUT2D eigenvalue weighted by Gasteiger charge is -2.19. The molecule has 0 bridgehead atoms. The molecular formula is C33H41N7O2.